The molecule has 9 heavy (non-hydrogen) atoms. The number of amides is 1. The summed E-state index contributed by atoms with van der Waals surface area (Å²) in [7, 11) is 0. The number of hydrogen-bond donors (Lipinski definition) is 2. The number of nitrogens with two attached hydrogens (primary N) is 2. The molecule has 1 aromatic heterocycles. The Hall–Kier alpha value is -1.52. The number of aromatic nitrogens is 1. The van der Waals surface area contributed by atoms with Gasteiger partial charge in [0.2, 0.25) is 0 Å². The van der Waals surface area contributed by atoms with Crippen molar-refractivity contribution >= 4 is 11.6 Å². The molecule has 0 saturated heterocycles. The van der Waals surface area contributed by atoms with Gasteiger partial charge in [-0.05, 0) is 0 Å². The van der Waals surface area contributed by atoms with E-state index in [2.05, 4.69) is 9.68 Å². The number of rotatable bonds is 1. The van der Waals surface area contributed by atoms with Crippen LogP contribution in [-0.2, 0) is 0 Å². The largest absolute Gasteiger partial charge is 0.394 e. The lowest BCUT2D eigenvalue weighted by Gasteiger charge is -1.83. The Morgan fingerprint density at radius 3 is 2.67 bits per heavy atom. The molecular weight excluding hydrogens is 122 g/mol. The molecule has 4 N–H and O–H groups in total. The van der Waals surface area contributed by atoms with Crippen LogP contribution in [0.1, 0.15) is 10.5 Å². The van der Waals surface area contributed by atoms with Gasteiger partial charge in [0, 0.05) is 0 Å². The molecule has 1 rings (SSSR count). The molecule has 0 aliphatic rings. The summed E-state index contributed by atoms with van der Waals surface area (Å²) in [5, 5.41) is 3.24. The molecule has 1 heterocycles. The normalized spacial score (nSPS) is 9.33. The van der Waals surface area contributed by atoms with E-state index >= 15 is 0 Å². The van der Waals surface area contributed by atoms with E-state index in [1.807, 2.05) is 0 Å². The van der Waals surface area contributed by atoms with E-state index in [9.17, 15) is 4.79 Å². The lowest BCUT2D eigenvalue weighted by Crippen LogP contribution is -2.13. The monoisotopic (exact) mass is 127 g/mol. The van der Waals surface area contributed by atoms with Crippen molar-refractivity contribution in [3.63, 3.8) is 0 Å². The second kappa shape index (κ2) is 1.77. The first-order valence-electron chi connectivity index (χ1n) is 2.21. The van der Waals surface area contributed by atoms with Gasteiger partial charge < -0.3 is 16.0 Å². The van der Waals surface area contributed by atoms with Gasteiger partial charge in [0.15, 0.2) is 5.69 Å². The van der Waals surface area contributed by atoms with Crippen molar-refractivity contribution in [2.24, 2.45) is 5.73 Å². The van der Waals surface area contributed by atoms with Crippen LogP contribution in [0.3, 0.4) is 0 Å². The molecule has 48 valence electrons. The Morgan fingerprint density at radius 2 is 2.44 bits per heavy atom. The number of anilines is 1. The zero-order valence-electron chi connectivity index (χ0n) is 4.50. The van der Waals surface area contributed by atoms with Crippen LogP contribution in [0.2, 0.25) is 0 Å². The van der Waals surface area contributed by atoms with Crippen LogP contribution in [0.25, 0.3) is 0 Å². The van der Waals surface area contributed by atoms with Crippen molar-refractivity contribution in [1.29, 1.82) is 0 Å². The maximum absolute atomic E-state index is 10.3. The third-order valence-electron chi connectivity index (χ3n) is 0.830. The minimum Gasteiger partial charge on any atom is -0.394 e. The Balaban J connectivity index is 3.08. The van der Waals surface area contributed by atoms with Gasteiger partial charge in [-0.3, -0.25) is 4.79 Å². The molecule has 0 atom stereocenters. The standard InChI is InChI=1S/C4H5N3O2/c5-2-1-9-7-3(2)4(6)8/h1H,5H2,(H2,6,8). The summed E-state index contributed by atoms with van der Waals surface area (Å²) in [5.74, 6) is -0.679. The third-order valence-corrected chi connectivity index (χ3v) is 0.830. The summed E-state index contributed by atoms with van der Waals surface area (Å²) in [6.07, 6.45) is 1.15. The highest BCUT2D eigenvalue weighted by Crippen LogP contribution is 2.05. The summed E-state index contributed by atoms with van der Waals surface area (Å²) in [5.41, 5.74) is 10.2. The Kier molecular flexibility index (Phi) is 1.11. The summed E-state index contributed by atoms with van der Waals surface area (Å²) in [6.45, 7) is 0. The van der Waals surface area contributed by atoms with E-state index < -0.39 is 5.91 Å². The van der Waals surface area contributed by atoms with Crippen LogP contribution in [0.4, 0.5) is 5.69 Å². The number of nitrogens with zero attached hydrogens (tertiary/aromatic N) is 1. The first-order valence-corrected chi connectivity index (χ1v) is 2.21. The topological polar surface area (TPSA) is 95.1 Å². The van der Waals surface area contributed by atoms with Gasteiger partial charge in [0.25, 0.3) is 5.91 Å². The molecule has 0 radical (unpaired) electrons. The van der Waals surface area contributed by atoms with Gasteiger partial charge in [0.05, 0.1) is 0 Å². The number of hydrogen-bond acceptors (Lipinski definition) is 4. The van der Waals surface area contributed by atoms with Crippen molar-refractivity contribution in [1.82, 2.24) is 5.16 Å². The Bertz CT molecular complexity index is 229. The fourth-order valence-electron chi connectivity index (χ4n) is 0.432. The van der Waals surface area contributed by atoms with Gasteiger partial charge in [-0.25, -0.2) is 0 Å². The summed E-state index contributed by atoms with van der Waals surface area (Å²) < 4.78 is 4.33. The molecule has 1 aromatic rings. The molecule has 0 saturated carbocycles. The molecule has 0 aliphatic heterocycles. The van der Waals surface area contributed by atoms with E-state index in [1.165, 1.54) is 0 Å². The SMILES string of the molecule is NC(=O)c1nocc1N. The second-order valence-corrected chi connectivity index (χ2v) is 1.48. The maximum atomic E-state index is 10.3. The quantitative estimate of drug-likeness (QED) is 0.524. The first-order chi connectivity index (χ1) is 4.22. The molecule has 0 aromatic carbocycles. The fraction of sp³-hybridized carbons (Fsp3) is 0. The van der Waals surface area contributed by atoms with Crippen LogP contribution in [-0.4, -0.2) is 11.1 Å². The van der Waals surface area contributed by atoms with Gasteiger partial charge in [-0.2, -0.15) is 0 Å². The maximum Gasteiger partial charge on any atom is 0.273 e. The summed E-state index contributed by atoms with van der Waals surface area (Å²) in [6, 6.07) is 0. The smallest absolute Gasteiger partial charge is 0.273 e. The molecule has 0 bridgehead atoms. The van der Waals surface area contributed by atoms with E-state index in [1.54, 1.807) is 0 Å². The Morgan fingerprint density at radius 1 is 1.78 bits per heavy atom. The van der Waals surface area contributed by atoms with Crippen molar-refractivity contribution in [3.8, 4) is 0 Å². The molecular formula is C4H5N3O2. The van der Waals surface area contributed by atoms with Crippen molar-refractivity contribution < 1.29 is 9.32 Å². The number of nitrogen functional groups attached to an aromatic ring is 1. The first kappa shape index (κ1) is 5.61. The molecule has 1 amide bonds. The Labute approximate surface area is 50.6 Å². The van der Waals surface area contributed by atoms with Crippen LogP contribution in [0.5, 0.6) is 0 Å². The predicted octanol–water partition coefficient (Wildman–Crippen LogP) is -0.644. The highest BCUT2D eigenvalue weighted by molar-refractivity contribution is 5.95. The van der Waals surface area contributed by atoms with Gasteiger partial charge >= 0.3 is 0 Å². The molecule has 0 spiro atoms. The highest BCUT2D eigenvalue weighted by atomic mass is 16.5. The number of primary amides is 1. The summed E-state index contributed by atoms with van der Waals surface area (Å²) in [4.78, 5) is 10.3. The molecule has 5 heteroatoms. The van der Waals surface area contributed by atoms with E-state index in [0.717, 1.165) is 6.26 Å². The third kappa shape index (κ3) is 0.835. The minimum atomic E-state index is -0.679. The van der Waals surface area contributed by atoms with Crippen molar-refractivity contribution in [2.45, 2.75) is 0 Å². The lowest BCUT2D eigenvalue weighted by molar-refractivity contribution is 0.0992. The van der Waals surface area contributed by atoms with E-state index in [4.69, 9.17) is 11.5 Å². The molecule has 0 aliphatic carbocycles. The van der Waals surface area contributed by atoms with Crippen molar-refractivity contribution in [2.75, 3.05) is 5.73 Å². The average Bonchev–Trinajstić information content (AvgIpc) is 2.13. The second-order valence-electron chi connectivity index (χ2n) is 1.48. The van der Waals surface area contributed by atoms with Crippen LogP contribution in [0, 0.1) is 0 Å². The molecule has 5 nitrogen and oxygen atoms in total. The van der Waals surface area contributed by atoms with E-state index in [-0.39, 0.29) is 11.4 Å². The zero-order chi connectivity index (χ0) is 6.85. The van der Waals surface area contributed by atoms with Crippen LogP contribution < -0.4 is 11.5 Å². The number of carbonyl (C=O) groups is 1. The van der Waals surface area contributed by atoms with Crippen LogP contribution in [0.15, 0.2) is 10.8 Å². The zero-order valence-corrected chi connectivity index (χ0v) is 4.50. The van der Waals surface area contributed by atoms with Gasteiger partial charge in [-0.15, -0.1) is 0 Å². The highest BCUT2D eigenvalue weighted by Gasteiger charge is 2.08. The van der Waals surface area contributed by atoms with Gasteiger partial charge in [0.1, 0.15) is 12.0 Å². The fourth-order valence-corrected chi connectivity index (χ4v) is 0.432. The molecule has 0 unspecified atom stereocenters. The lowest BCUT2D eigenvalue weighted by atomic mass is 10.4. The van der Waals surface area contributed by atoms with E-state index in [0.29, 0.717) is 0 Å². The van der Waals surface area contributed by atoms with Gasteiger partial charge in [-0.1, -0.05) is 5.16 Å². The van der Waals surface area contributed by atoms with Crippen molar-refractivity contribution in [3.05, 3.63) is 12.0 Å². The molecule has 0 fully saturated rings. The average molecular weight is 127 g/mol. The predicted molar refractivity (Wildman–Crippen MR) is 29.4 cm³/mol. The number of carbonyl (C=O) groups excluding carboxylic acids is 1. The minimum absolute atomic E-state index is 0.0185. The van der Waals surface area contributed by atoms with Crippen LogP contribution >= 0.6 is 0 Å². The summed E-state index contributed by atoms with van der Waals surface area (Å²) >= 11 is 0.